The summed E-state index contributed by atoms with van der Waals surface area (Å²) in [5.41, 5.74) is 8.13. The van der Waals surface area contributed by atoms with Gasteiger partial charge < -0.3 is 10.5 Å². The molecule has 0 radical (unpaired) electrons. The minimum absolute atomic E-state index is 0.110. The molecule has 20 heavy (non-hydrogen) atoms. The molecule has 6 heteroatoms. The van der Waals surface area contributed by atoms with Crippen LogP contribution >= 0.6 is 0 Å². The number of hydrogen-bond acceptors (Lipinski definition) is 4. The summed E-state index contributed by atoms with van der Waals surface area (Å²) in [5.74, 6) is 0. The summed E-state index contributed by atoms with van der Waals surface area (Å²) in [5, 5.41) is 0. The largest absolute Gasteiger partial charge is 0.398 e. The molecule has 1 heterocycles. The zero-order valence-corrected chi connectivity index (χ0v) is 13.2. The van der Waals surface area contributed by atoms with Crippen LogP contribution in [-0.4, -0.2) is 38.0 Å². The van der Waals surface area contributed by atoms with Gasteiger partial charge in [0.1, 0.15) is 4.90 Å². The second kappa shape index (κ2) is 5.35. The van der Waals surface area contributed by atoms with Crippen LogP contribution in [0.3, 0.4) is 0 Å². The lowest BCUT2D eigenvalue weighted by Crippen LogP contribution is -2.48. The molecular weight excluding hydrogens is 276 g/mol. The maximum absolute atomic E-state index is 12.8. The van der Waals surface area contributed by atoms with Gasteiger partial charge in [-0.05, 0) is 51.0 Å². The molecule has 1 fully saturated rings. The molecule has 0 amide bonds. The van der Waals surface area contributed by atoms with Gasteiger partial charge >= 0.3 is 0 Å². The van der Waals surface area contributed by atoms with E-state index < -0.39 is 10.0 Å². The zero-order valence-electron chi connectivity index (χ0n) is 12.4. The zero-order chi connectivity index (χ0) is 15.1. The molecule has 0 unspecified atom stereocenters. The monoisotopic (exact) mass is 298 g/mol. The van der Waals surface area contributed by atoms with Crippen molar-refractivity contribution in [3.05, 3.63) is 23.3 Å². The lowest BCUT2D eigenvalue weighted by molar-refractivity contribution is -0.0440. The molecular formula is C14H22N2O3S. The van der Waals surface area contributed by atoms with Gasteiger partial charge in [0.25, 0.3) is 0 Å². The maximum atomic E-state index is 12.8. The number of aryl methyl sites for hydroxylation is 2. The number of anilines is 1. The first-order valence-electron chi connectivity index (χ1n) is 6.74. The highest BCUT2D eigenvalue weighted by molar-refractivity contribution is 7.89. The van der Waals surface area contributed by atoms with Crippen LogP contribution in [-0.2, 0) is 14.8 Å². The van der Waals surface area contributed by atoms with Crippen LogP contribution in [0.4, 0.5) is 5.69 Å². The van der Waals surface area contributed by atoms with Gasteiger partial charge in [-0.25, -0.2) is 8.42 Å². The highest BCUT2D eigenvalue weighted by Gasteiger charge is 2.33. The standard InChI is InChI=1S/C14H22N2O3S/c1-9-5-13(15)14(6-10(9)2)20(17,18)16-7-11(3)19-12(4)8-16/h5-6,11-12H,7-8,15H2,1-4H3/t11-,12+. The maximum Gasteiger partial charge on any atom is 0.245 e. The third kappa shape index (κ3) is 2.82. The van der Waals surface area contributed by atoms with Gasteiger partial charge in [-0.15, -0.1) is 0 Å². The summed E-state index contributed by atoms with van der Waals surface area (Å²) in [6.45, 7) is 8.28. The van der Waals surface area contributed by atoms with Crippen molar-refractivity contribution in [1.82, 2.24) is 4.31 Å². The number of sulfonamides is 1. The fourth-order valence-electron chi connectivity index (χ4n) is 2.50. The minimum Gasteiger partial charge on any atom is -0.398 e. The van der Waals surface area contributed by atoms with Crippen LogP contribution in [0.5, 0.6) is 0 Å². The molecule has 2 N–H and O–H groups in total. The molecule has 2 atom stereocenters. The van der Waals surface area contributed by atoms with Gasteiger partial charge in [-0.2, -0.15) is 4.31 Å². The molecule has 0 bridgehead atoms. The van der Waals surface area contributed by atoms with Crippen molar-refractivity contribution in [1.29, 1.82) is 0 Å². The lowest BCUT2D eigenvalue weighted by atomic mass is 10.1. The molecule has 0 aliphatic carbocycles. The van der Waals surface area contributed by atoms with E-state index >= 15 is 0 Å². The summed E-state index contributed by atoms with van der Waals surface area (Å²) in [7, 11) is -3.57. The molecule has 0 saturated carbocycles. The number of ether oxygens (including phenoxy) is 1. The number of nitrogens with zero attached hydrogens (tertiary/aromatic N) is 1. The van der Waals surface area contributed by atoms with Gasteiger partial charge in [0.05, 0.1) is 17.9 Å². The van der Waals surface area contributed by atoms with Crippen molar-refractivity contribution in [3.63, 3.8) is 0 Å². The Bertz CT molecular complexity index is 603. The fraction of sp³-hybridized carbons (Fsp3) is 0.571. The highest BCUT2D eigenvalue weighted by Crippen LogP contribution is 2.27. The first-order chi connectivity index (χ1) is 9.21. The third-order valence-electron chi connectivity index (χ3n) is 3.63. The Morgan fingerprint density at radius 1 is 1.15 bits per heavy atom. The number of rotatable bonds is 2. The van der Waals surface area contributed by atoms with Crippen LogP contribution in [0.25, 0.3) is 0 Å². The second-order valence-corrected chi connectivity index (χ2v) is 7.46. The van der Waals surface area contributed by atoms with Crippen LogP contribution in [0, 0.1) is 13.8 Å². The number of nitrogens with two attached hydrogens (primary N) is 1. The molecule has 1 aromatic carbocycles. The third-order valence-corrected chi connectivity index (χ3v) is 5.52. The summed E-state index contributed by atoms with van der Waals surface area (Å²) in [6.07, 6.45) is -0.220. The number of hydrogen-bond donors (Lipinski definition) is 1. The van der Waals surface area contributed by atoms with Crippen LogP contribution < -0.4 is 5.73 Å². The Morgan fingerprint density at radius 2 is 1.65 bits per heavy atom. The average molecular weight is 298 g/mol. The van der Waals surface area contributed by atoms with E-state index in [9.17, 15) is 8.42 Å². The van der Waals surface area contributed by atoms with Gasteiger partial charge in [-0.1, -0.05) is 0 Å². The van der Waals surface area contributed by atoms with Crippen molar-refractivity contribution >= 4 is 15.7 Å². The van der Waals surface area contributed by atoms with E-state index in [1.165, 1.54) is 4.31 Å². The van der Waals surface area contributed by atoms with E-state index in [1.807, 2.05) is 27.7 Å². The summed E-state index contributed by atoms with van der Waals surface area (Å²) in [6, 6.07) is 3.38. The van der Waals surface area contributed by atoms with Crippen molar-refractivity contribution in [2.24, 2.45) is 0 Å². The Balaban J connectivity index is 2.42. The first-order valence-corrected chi connectivity index (χ1v) is 8.18. The fourth-order valence-corrected chi connectivity index (χ4v) is 4.27. The van der Waals surface area contributed by atoms with E-state index in [2.05, 4.69) is 0 Å². The molecule has 1 aliphatic heterocycles. The SMILES string of the molecule is Cc1cc(N)c(S(=O)(=O)N2C[C@@H](C)O[C@@H](C)C2)cc1C. The summed E-state index contributed by atoms with van der Waals surface area (Å²) in [4.78, 5) is 0.196. The summed E-state index contributed by atoms with van der Waals surface area (Å²) >= 11 is 0. The van der Waals surface area contributed by atoms with Crippen molar-refractivity contribution in [2.75, 3.05) is 18.8 Å². The van der Waals surface area contributed by atoms with E-state index in [-0.39, 0.29) is 17.1 Å². The molecule has 0 aromatic heterocycles. The Labute approximate surface area is 120 Å². The second-order valence-electron chi connectivity index (χ2n) is 5.55. The van der Waals surface area contributed by atoms with Crippen molar-refractivity contribution in [3.8, 4) is 0 Å². The minimum atomic E-state index is -3.57. The van der Waals surface area contributed by atoms with Gasteiger partial charge in [-0.3, -0.25) is 0 Å². The van der Waals surface area contributed by atoms with E-state index in [0.29, 0.717) is 18.8 Å². The average Bonchev–Trinajstić information content (AvgIpc) is 2.32. The Morgan fingerprint density at radius 3 is 2.20 bits per heavy atom. The Hall–Kier alpha value is -1.11. The molecule has 1 saturated heterocycles. The molecule has 2 rings (SSSR count). The van der Waals surface area contributed by atoms with Crippen LogP contribution in [0.1, 0.15) is 25.0 Å². The molecule has 5 nitrogen and oxygen atoms in total. The van der Waals surface area contributed by atoms with Gasteiger partial charge in [0, 0.05) is 13.1 Å². The molecule has 1 aromatic rings. The van der Waals surface area contributed by atoms with Crippen LogP contribution in [0.2, 0.25) is 0 Å². The predicted octanol–water partition coefficient (Wildman–Crippen LogP) is 1.68. The lowest BCUT2D eigenvalue weighted by Gasteiger charge is -2.34. The van der Waals surface area contributed by atoms with E-state index in [1.54, 1.807) is 12.1 Å². The molecule has 0 spiro atoms. The Kier molecular flexibility index (Phi) is 4.09. The normalized spacial score (nSPS) is 24.8. The highest BCUT2D eigenvalue weighted by atomic mass is 32.2. The van der Waals surface area contributed by atoms with Crippen LogP contribution in [0.15, 0.2) is 17.0 Å². The number of morpholine rings is 1. The van der Waals surface area contributed by atoms with Gasteiger partial charge in [0.15, 0.2) is 0 Å². The summed E-state index contributed by atoms with van der Waals surface area (Å²) < 4.78 is 32.6. The van der Waals surface area contributed by atoms with Gasteiger partial charge in [0.2, 0.25) is 10.0 Å². The van der Waals surface area contributed by atoms with E-state index in [4.69, 9.17) is 10.5 Å². The van der Waals surface area contributed by atoms with E-state index in [0.717, 1.165) is 11.1 Å². The van der Waals surface area contributed by atoms with Crippen molar-refractivity contribution < 1.29 is 13.2 Å². The predicted molar refractivity (Wildman–Crippen MR) is 79.1 cm³/mol. The smallest absolute Gasteiger partial charge is 0.245 e. The molecule has 1 aliphatic rings. The first kappa shape index (κ1) is 15.3. The number of benzene rings is 1. The van der Waals surface area contributed by atoms with Crippen molar-refractivity contribution in [2.45, 2.75) is 44.8 Å². The topological polar surface area (TPSA) is 72.6 Å². The number of nitrogen functional groups attached to an aromatic ring is 1. The quantitative estimate of drug-likeness (QED) is 0.843. The molecule has 112 valence electrons.